The Hall–Kier alpha value is -2.53. The molecule has 2 aromatic carbocycles. The number of benzene rings is 2. The standard InChI is InChI=1S/C20H24N2O3/c1-15-4-8-18(9-5-15)25-19-10-6-17(7-11-19)21-20(24)22-12-2-3-16(13-22)14-23/h4-11,16,23H,2-3,12-14H2,1H3,(H,21,24). The van der Waals surface area contributed by atoms with E-state index in [4.69, 9.17) is 4.74 Å². The van der Waals surface area contributed by atoms with Crippen molar-refractivity contribution in [2.24, 2.45) is 5.92 Å². The molecule has 2 N–H and O–H groups in total. The van der Waals surface area contributed by atoms with Crippen LogP contribution >= 0.6 is 0 Å². The molecule has 0 bridgehead atoms. The van der Waals surface area contributed by atoms with Gasteiger partial charge in [0.1, 0.15) is 11.5 Å². The monoisotopic (exact) mass is 340 g/mol. The molecule has 1 aliphatic rings. The highest BCUT2D eigenvalue weighted by Gasteiger charge is 2.23. The normalized spacial score (nSPS) is 17.2. The van der Waals surface area contributed by atoms with Crippen molar-refractivity contribution in [3.05, 3.63) is 54.1 Å². The van der Waals surface area contributed by atoms with Gasteiger partial charge in [0, 0.05) is 25.4 Å². The van der Waals surface area contributed by atoms with Crippen molar-refractivity contribution in [2.75, 3.05) is 25.0 Å². The first kappa shape index (κ1) is 17.3. The van der Waals surface area contributed by atoms with E-state index in [1.54, 1.807) is 4.90 Å². The van der Waals surface area contributed by atoms with Gasteiger partial charge in [0.25, 0.3) is 0 Å². The SMILES string of the molecule is Cc1ccc(Oc2ccc(NC(=O)N3CCCC(CO)C3)cc2)cc1. The maximum Gasteiger partial charge on any atom is 0.321 e. The van der Waals surface area contributed by atoms with Crippen LogP contribution in [0.15, 0.2) is 48.5 Å². The van der Waals surface area contributed by atoms with Crippen LogP contribution in [-0.4, -0.2) is 35.7 Å². The third kappa shape index (κ3) is 4.73. The molecule has 2 aromatic rings. The number of nitrogens with zero attached hydrogens (tertiary/aromatic N) is 1. The Morgan fingerprint density at radius 3 is 2.44 bits per heavy atom. The lowest BCUT2D eigenvalue weighted by Gasteiger charge is -2.31. The van der Waals surface area contributed by atoms with E-state index >= 15 is 0 Å². The second kappa shape index (κ2) is 8.03. The average molecular weight is 340 g/mol. The number of urea groups is 1. The van der Waals surface area contributed by atoms with E-state index < -0.39 is 0 Å². The van der Waals surface area contributed by atoms with Crippen molar-refractivity contribution >= 4 is 11.7 Å². The van der Waals surface area contributed by atoms with Gasteiger partial charge in [-0.25, -0.2) is 4.79 Å². The van der Waals surface area contributed by atoms with Gasteiger partial charge < -0.3 is 20.1 Å². The Bertz CT molecular complexity index is 698. The third-order valence-electron chi connectivity index (χ3n) is 4.43. The molecule has 1 atom stereocenters. The Morgan fingerprint density at radius 1 is 1.16 bits per heavy atom. The number of aliphatic hydroxyl groups is 1. The van der Waals surface area contributed by atoms with Crippen molar-refractivity contribution in [2.45, 2.75) is 19.8 Å². The smallest absolute Gasteiger partial charge is 0.321 e. The average Bonchev–Trinajstić information content (AvgIpc) is 2.65. The fraction of sp³-hybridized carbons (Fsp3) is 0.350. The molecule has 1 unspecified atom stereocenters. The molecule has 5 nitrogen and oxygen atoms in total. The summed E-state index contributed by atoms with van der Waals surface area (Å²) in [5, 5.41) is 12.2. The van der Waals surface area contributed by atoms with Crippen LogP contribution in [0, 0.1) is 12.8 Å². The highest BCUT2D eigenvalue weighted by molar-refractivity contribution is 5.89. The number of aliphatic hydroxyl groups excluding tert-OH is 1. The minimum absolute atomic E-state index is 0.120. The van der Waals surface area contributed by atoms with E-state index in [-0.39, 0.29) is 18.6 Å². The molecule has 25 heavy (non-hydrogen) atoms. The zero-order valence-corrected chi connectivity index (χ0v) is 14.4. The second-order valence-electron chi connectivity index (χ2n) is 6.51. The molecule has 0 aliphatic carbocycles. The summed E-state index contributed by atoms with van der Waals surface area (Å²) in [4.78, 5) is 14.1. The lowest BCUT2D eigenvalue weighted by Crippen LogP contribution is -2.43. The zero-order valence-electron chi connectivity index (χ0n) is 14.4. The van der Waals surface area contributed by atoms with Gasteiger partial charge in [-0.2, -0.15) is 0 Å². The van der Waals surface area contributed by atoms with Gasteiger partial charge >= 0.3 is 6.03 Å². The molecule has 0 aromatic heterocycles. The van der Waals surface area contributed by atoms with Crippen LogP contribution in [-0.2, 0) is 0 Å². The molecule has 2 amide bonds. The van der Waals surface area contributed by atoms with E-state index in [0.717, 1.165) is 36.6 Å². The van der Waals surface area contributed by atoms with Crippen LogP contribution in [0.4, 0.5) is 10.5 Å². The van der Waals surface area contributed by atoms with Crippen molar-refractivity contribution in [1.82, 2.24) is 4.90 Å². The lowest BCUT2D eigenvalue weighted by atomic mass is 9.99. The molecule has 0 saturated carbocycles. The van der Waals surface area contributed by atoms with Gasteiger partial charge in [-0.15, -0.1) is 0 Å². The minimum Gasteiger partial charge on any atom is -0.457 e. The Labute approximate surface area is 148 Å². The van der Waals surface area contributed by atoms with Crippen LogP contribution in [0.1, 0.15) is 18.4 Å². The first-order valence-corrected chi connectivity index (χ1v) is 8.65. The maximum absolute atomic E-state index is 12.3. The summed E-state index contributed by atoms with van der Waals surface area (Å²) in [7, 11) is 0. The van der Waals surface area contributed by atoms with Crippen LogP contribution in [0.5, 0.6) is 11.5 Å². The predicted octanol–water partition coefficient (Wildman–Crippen LogP) is 4.02. The zero-order chi connectivity index (χ0) is 17.6. The van der Waals surface area contributed by atoms with E-state index in [1.807, 2.05) is 55.5 Å². The predicted molar refractivity (Wildman–Crippen MR) is 98.1 cm³/mol. The summed E-state index contributed by atoms with van der Waals surface area (Å²) >= 11 is 0. The largest absolute Gasteiger partial charge is 0.457 e. The number of nitrogens with one attached hydrogen (secondary N) is 1. The molecule has 0 spiro atoms. The lowest BCUT2D eigenvalue weighted by molar-refractivity contribution is 0.136. The summed E-state index contributed by atoms with van der Waals surface area (Å²) in [6.07, 6.45) is 1.91. The number of anilines is 1. The summed E-state index contributed by atoms with van der Waals surface area (Å²) in [6, 6.07) is 15.1. The number of hydrogen-bond donors (Lipinski definition) is 2. The van der Waals surface area contributed by atoms with Crippen molar-refractivity contribution in [3.63, 3.8) is 0 Å². The van der Waals surface area contributed by atoms with Crippen molar-refractivity contribution < 1.29 is 14.6 Å². The Balaban J connectivity index is 1.56. The summed E-state index contributed by atoms with van der Waals surface area (Å²) < 4.78 is 5.79. The number of carbonyl (C=O) groups is 1. The molecule has 132 valence electrons. The fourth-order valence-electron chi connectivity index (χ4n) is 2.95. The van der Waals surface area contributed by atoms with Gasteiger partial charge in [0.15, 0.2) is 0 Å². The fourth-order valence-corrected chi connectivity index (χ4v) is 2.95. The molecule has 1 saturated heterocycles. The summed E-state index contributed by atoms with van der Waals surface area (Å²) in [5.41, 5.74) is 1.92. The van der Waals surface area contributed by atoms with Crippen LogP contribution in [0.3, 0.4) is 0 Å². The molecule has 5 heteroatoms. The molecule has 1 heterocycles. The van der Waals surface area contributed by atoms with Crippen molar-refractivity contribution in [3.8, 4) is 11.5 Å². The highest BCUT2D eigenvalue weighted by atomic mass is 16.5. The number of carbonyl (C=O) groups excluding carboxylic acids is 1. The van der Waals surface area contributed by atoms with Crippen LogP contribution < -0.4 is 10.1 Å². The number of rotatable bonds is 4. The number of likely N-dealkylation sites (tertiary alicyclic amines) is 1. The maximum atomic E-state index is 12.3. The topological polar surface area (TPSA) is 61.8 Å². The van der Waals surface area contributed by atoms with E-state index in [2.05, 4.69) is 5.32 Å². The quantitative estimate of drug-likeness (QED) is 0.883. The van der Waals surface area contributed by atoms with Crippen molar-refractivity contribution in [1.29, 1.82) is 0 Å². The first-order valence-electron chi connectivity index (χ1n) is 8.65. The highest BCUT2D eigenvalue weighted by Crippen LogP contribution is 2.24. The van der Waals surface area contributed by atoms with Crippen LogP contribution in [0.25, 0.3) is 0 Å². The Morgan fingerprint density at radius 2 is 1.80 bits per heavy atom. The number of piperidine rings is 1. The molecule has 0 radical (unpaired) electrons. The number of hydrogen-bond acceptors (Lipinski definition) is 3. The number of amides is 2. The van der Waals surface area contributed by atoms with E-state index in [1.165, 1.54) is 5.56 Å². The second-order valence-corrected chi connectivity index (χ2v) is 6.51. The molecule has 3 rings (SSSR count). The molecular formula is C20H24N2O3. The third-order valence-corrected chi connectivity index (χ3v) is 4.43. The van der Waals surface area contributed by atoms with Gasteiger partial charge in [0.05, 0.1) is 0 Å². The number of ether oxygens (including phenoxy) is 1. The van der Waals surface area contributed by atoms with E-state index in [0.29, 0.717) is 6.54 Å². The summed E-state index contributed by atoms with van der Waals surface area (Å²) in [6.45, 7) is 3.51. The van der Waals surface area contributed by atoms with Gasteiger partial charge in [0.2, 0.25) is 0 Å². The molecular weight excluding hydrogens is 316 g/mol. The van der Waals surface area contributed by atoms with Gasteiger partial charge in [-0.05, 0) is 62.1 Å². The molecule has 1 aliphatic heterocycles. The summed E-state index contributed by atoms with van der Waals surface area (Å²) in [5.74, 6) is 1.69. The first-order chi connectivity index (χ1) is 12.1. The minimum atomic E-state index is -0.120. The van der Waals surface area contributed by atoms with Crippen LogP contribution in [0.2, 0.25) is 0 Å². The van der Waals surface area contributed by atoms with Gasteiger partial charge in [-0.3, -0.25) is 0 Å². The Kier molecular flexibility index (Phi) is 5.56. The van der Waals surface area contributed by atoms with E-state index in [9.17, 15) is 9.90 Å². The number of aryl methyl sites for hydroxylation is 1. The molecule has 1 fully saturated rings. The van der Waals surface area contributed by atoms with Gasteiger partial charge in [-0.1, -0.05) is 17.7 Å².